The second-order valence-corrected chi connectivity index (χ2v) is 7.88. The fraction of sp³-hybridized carbons (Fsp3) is 0.0526. The summed E-state index contributed by atoms with van der Waals surface area (Å²) in [5, 5.41) is 0. The van der Waals surface area contributed by atoms with Crippen LogP contribution in [0.15, 0.2) is 73.2 Å². The van der Waals surface area contributed by atoms with Crippen LogP contribution in [0.5, 0.6) is 5.75 Å². The normalized spacial score (nSPS) is 15.0. The van der Waals surface area contributed by atoms with Crippen LogP contribution < -0.4 is 4.74 Å². The van der Waals surface area contributed by atoms with Gasteiger partial charge in [-0.1, -0.05) is 34.7 Å². The first-order valence-corrected chi connectivity index (χ1v) is 9.87. The summed E-state index contributed by atoms with van der Waals surface area (Å²) in [5.74, 6) is 0.463. The van der Waals surface area contributed by atoms with E-state index in [0.29, 0.717) is 12.4 Å². The van der Waals surface area contributed by atoms with Gasteiger partial charge in [0.2, 0.25) is 5.90 Å². The quantitative estimate of drug-likeness (QED) is 0.270. The zero-order valence-electron chi connectivity index (χ0n) is 13.3. The van der Waals surface area contributed by atoms with Crippen LogP contribution in [0.3, 0.4) is 0 Å². The first-order chi connectivity index (χ1) is 12.5. The summed E-state index contributed by atoms with van der Waals surface area (Å²) in [6, 6.07) is 11.1. The number of esters is 1. The van der Waals surface area contributed by atoms with Crippen molar-refractivity contribution in [1.29, 1.82) is 0 Å². The van der Waals surface area contributed by atoms with Gasteiger partial charge in [-0.2, -0.15) is 0 Å². The van der Waals surface area contributed by atoms with Gasteiger partial charge in [-0.25, -0.2) is 9.79 Å². The molecule has 4 nitrogen and oxygen atoms in total. The molecule has 0 saturated carbocycles. The highest BCUT2D eigenvalue weighted by molar-refractivity contribution is 9.11. The molecule has 0 amide bonds. The van der Waals surface area contributed by atoms with E-state index >= 15 is 0 Å². The van der Waals surface area contributed by atoms with Crippen molar-refractivity contribution in [3.05, 3.63) is 79.3 Å². The summed E-state index contributed by atoms with van der Waals surface area (Å²) in [5.41, 5.74) is 1.74. The van der Waals surface area contributed by atoms with Gasteiger partial charge in [-0.3, -0.25) is 0 Å². The Balaban J connectivity index is 1.92. The van der Waals surface area contributed by atoms with E-state index in [2.05, 4.69) is 59.4 Å². The number of rotatable bonds is 5. The maximum Gasteiger partial charge on any atom is 0.363 e. The summed E-state index contributed by atoms with van der Waals surface area (Å²) in [7, 11) is 0. The predicted molar refractivity (Wildman–Crippen MR) is 112 cm³/mol. The van der Waals surface area contributed by atoms with E-state index < -0.39 is 5.97 Å². The summed E-state index contributed by atoms with van der Waals surface area (Å²) in [6.45, 7) is 4.03. The van der Waals surface area contributed by atoms with E-state index in [4.69, 9.17) is 9.47 Å². The first kappa shape index (κ1) is 19.1. The molecule has 0 spiro atoms. The zero-order valence-corrected chi connectivity index (χ0v) is 18.1. The lowest BCUT2D eigenvalue weighted by Crippen LogP contribution is -2.05. The number of hydrogen-bond donors (Lipinski definition) is 0. The summed E-state index contributed by atoms with van der Waals surface area (Å²) in [4.78, 5) is 16.5. The Labute approximate surface area is 176 Å². The van der Waals surface area contributed by atoms with Gasteiger partial charge < -0.3 is 9.47 Å². The van der Waals surface area contributed by atoms with Crippen molar-refractivity contribution in [3.63, 3.8) is 0 Å². The van der Waals surface area contributed by atoms with Gasteiger partial charge in [-0.05, 0) is 73.8 Å². The lowest BCUT2D eigenvalue weighted by molar-refractivity contribution is -0.129. The van der Waals surface area contributed by atoms with Gasteiger partial charge in [0.15, 0.2) is 5.70 Å². The van der Waals surface area contributed by atoms with E-state index in [-0.39, 0.29) is 11.6 Å². The molecule has 0 aromatic heterocycles. The average Bonchev–Trinajstić information content (AvgIpc) is 2.95. The molecule has 1 aliphatic heterocycles. The lowest BCUT2D eigenvalue weighted by atomic mass is 10.2. The smallest absolute Gasteiger partial charge is 0.363 e. The van der Waals surface area contributed by atoms with E-state index in [1.807, 2.05) is 36.4 Å². The Kier molecular flexibility index (Phi) is 6.11. The minimum atomic E-state index is -0.487. The number of carbonyl (C=O) groups is 1. The molecule has 2 aromatic carbocycles. The molecule has 0 N–H and O–H groups in total. The molecule has 1 aliphatic rings. The largest absolute Gasteiger partial charge is 0.487 e. The van der Waals surface area contributed by atoms with Crippen molar-refractivity contribution < 1.29 is 14.3 Å². The second-order valence-electron chi connectivity index (χ2n) is 5.26. The maximum absolute atomic E-state index is 12.1. The van der Waals surface area contributed by atoms with Crippen molar-refractivity contribution in [3.8, 4) is 5.75 Å². The summed E-state index contributed by atoms with van der Waals surface area (Å²) in [6.07, 6.45) is 3.33. The predicted octanol–water partition coefficient (Wildman–Crippen LogP) is 5.88. The minimum Gasteiger partial charge on any atom is -0.487 e. The first-order valence-electron chi connectivity index (χ1n) is 7.49. The Bertz CT molecular complexity index is 928. The molecule has 2 aromatic rings. The topological polar surface area (TPSA) is 47.9 Å². The SMILES string of the molecule is C=CCOc1c(Br)cc(/C=C2\N=C(c3cccc(Br)c3)OC2=O)cc1Br. The molecule has 7 heteroatoms. The molecular formula is C19H12Br3NO3. The average molecular weight is 542 g/mol. The Hall–Kier alpha value is -1.70. The number of ether oxygens (including phenoxy) is 2. The van der Waals surface area contributed by atoms with Gasteiger partial charge in [0.25, 0.3) is 0 Å². The van der Waals surface area contributed by atoms with Gasteiger partial charge in [0.05, 0.1) is 8.95 Å². The number of nitrogens with zero attached hydrogens (tertiary/aromatic N) is 1. The van der Waals surface area contributed by atoms with Crippen LogP contribution in [0.2, 0.25) is 0 Å². The third kappa shape index (κ3) is 4.34. The molecule has 0 atom stereocenters. The molecule has 1 heterocycles. The maximum atomic E-state index is 12.1. The molecule has 3 rings (SSSR count). The third-order valence-corrected chi connectivity index (χ3v) is 5.03. The molecule has 0 saturated heterocycles. The van der Waals surface area contributed by atoms with Crippen LogP contribution in [0.1, 0.15) is 11.1 Å². The minimum absolute atomic E-state index is 0.235. The van der Waals surface area contributed by atoms with Gasteiger partial charge in [0, 0.05) is 10.0 Å². The lowest BCUT2D eigenvalue weighted by Gasteiger charge is -2.09. The Morgan fingerprint density at radius 2 is 1.88 bits per heavy atom. The summed E-state index contributed by atoms with van der Waals surface area (Å²) >= 11 is 10.3. The molecular weight excluding hydrogens is 530 g/mol. The second kappa shape index (κ2) is 8.33. The highest BCUT2D eigenvalue weighted by atomic mass is 79.9. The van der Waals surface area contributed by atoms with Crippen molar-refractivity contribution in [2.75, 3.05) is 6.61 Å². The van der Waals surface area contributed by atoms with E-state index in [9.17, 15) is 4.79 Å². The molecule has 0 bridgehead atoms. The molecule has 0 fully saturated rings. The molecule has 132 valence electrons. The van der Waals surface area contributed by atoms with Crippen LogP contribution in [0.25, 0.3) is 6.08 Å². The zero-order chi connectivity index (χ0) is 18.7. The van der Waals surface area contributed by atoms with Crippen LogP contribution in [0.4, 0.5) is 0 Å². The Morgan fingerprint density at radius 1 is 1.15 bits per heavy atom. The molecule has 0 unspecified atom stereocenters. The molecule has 26 heavy (non-hydrogen) atoms. The number of carbonyl (C=O) groups excluding carboxylic acids is 1. The number of halogens is 3. The van der Waals surface area contributed by atoms with Gasteiger partial charge >= 0.3 is 5.97 Å². The van der Waals surface area contributed by atoms with E-state index in [1.54, 1.807) is 12.2 Å². The van der Waals surface area contributed by atoms with Crippen molar-refractivity contribution >= 4 is 65.7 Å². The number of cyclic esters (lactones) is 1. The van der Waals surface area contributed by atoms with Crippen molar-refractivity contribution in [2.45, 2.75) is 0 Å². The standard InChI is InChI=1S/C19H12Br3NO3/c1-2-6-25-17-14(21)7-11(8-15(17)22)9-16-19(24)26-18(23-16)12-4-3-5-13(20)10-12/h2-5,7-10H,1,6H2/b16-9-. The number of aliphatic imine (C=N–C) groups is 1. The van der Waals surface area contributed by atoms with Crippen LogP contribution in [0, 0.1) is 0 Å². The van der Waals surface area contributed by atoms with E-state index in [1.165, 1.54) is 0 Å². The fourth-order valence-corrected chi connectivity index (χ4v) is 4.11. The third-order valence-electron chi connectivity index (χ3n) is 3.36. The monoisotopic (exact) mass is 539 g/mol. The Morgan fingerprint density at radius 3 is 2.54 bits per heavy atom. The van der Waals surface area contributed by atoms with Crippen LogP contribution in [-0.2, 0) is 9.53 Å². The van der Waals surface area contributed by atoms with Crippen LogP contribution >= 0.6 is 47.8 Å². The summed E-state index contributed by atoms with van der Waals surface area (Å²) < 4.78 is 13.3. The van der Waals surface area contributed by atoms with Gasteiger partial charge in [-0.15, -0.1) is 0 Å². The molecule has 0 radical (unpaired) electrons. The number of benzene rings is 2. The van der Waals surface area contributed by atoms with Crippen molar-refractivity contribution in [2.24, 2.45) is 4.99 Å². The van der Waals surface area contributed by atoms with E-state index in [0.717, 1.165) is 24.5 Å². The number of hydrogen-bond acceptors (Lipinski definition) is 4. The van der Waals surface area contributed by atoms with Crippen LogP contribution in [-0.4, -0.2) is 18.5 Å². The van der Waals surface area contributed by atoms with Crippen molar-refractivity contribution in [1.82, 2.24) is 0 Å². The highest BCUT2D eigenvalue weighted by Gasteiger charge is 2.24. The van der Waals surface area contributed by atoms with Gasteiger partial charge in [0.1, 0.15) is 12.4 Å². The highest BCUT2D eigenvalue weighted by Crippen LogP contribution is 2.35. The fourth-order valence-electron chi connectivity index (χ4n) is 2.25. The molecule has 0 aliphatic carbocycles.